The number of hydrogen-bond acceptors (Lipinski definition) is 5. The zero-order chi connectivity index (χ0) is 25.9. The number of methoxy groups -OCH3 is 1. The summed E-state index contributed by atoms with van der Waals surface area (Å²) >= 11 is 0. The second-order valence-electron chi connectivity index (χ2n) is 9.00. The Balaban J connectivity index is 1.73. The smallest absolute Gasteiger partial charge is 0.258 e. The Morgan fingerprint density at radius 2 is 1.97 bits per heavy atom. The first kappa shape index (κ1) is 25.3. The van der Waals surface area contributed by atoms with Crippen LogP contribution in [0, 0.1) is 17.1 Å². The zero-order valence-corrected chi connectivity index (χ0v) is 20.7. The summed E-state index contributed by atoms with van der Waals surface area (Å²) in [4.78, 5) is 19.6. The van der Waals surface area contributed by atoms with Crippen LogP contribution in [0.3, 0.4) is 0 Å². The summed E-state index contributed by atoms with van der Waals surface area (Å²) in [7, 11) is 1.39. The van der Waals surface area contributed by atoms with Gasteiger partial charge in [-0.1, -0.05) is 32.8 Å². The number of rotatable bonds is 8. The van der Waals surface area contributed by atoms with Gasteiger partial charge in [0.05, 0.1) is 30.1 Å². The Hall–Kier alpha value is -3.80. The Bertz CT molecular complexity index is 1290. The normalized spacial score (nSPS) is 13.3. The molecule has 0 saturated carbocycles. The fourth-order valence-corrected chi connectivity index (χ4v) is 4.92. The maximum absolute atomic E-state index is 16.4. The Morgan fingerprint density at radius 1 is 1.22 bits per heavy atom. The lowest BCUT2D eigenvalue weighted by Gasteiger charge is -2.32. The molecule has 3 heterocycles. The molecule has 3 aromatic rings. The summed E-state index contributed by atoms with van der Waals surface area (Å²) in [6.07, 6.45) is 5.13. The highest BCUT2D eigenvalue weighted by Gasteiger charge is 2.38. The van der Waals surface area contributed by atoms with Gasteiger partial charge in [-0.2, -0.15) is 10.4 Å². The van der Waals surface area contributed by atoms with E-state index < -0.39 is 11.5 Å². The number of carbonyl (C=O) groups is 1. The highest BCUT2D eigenvalue weighted by atomic mass is 19.1. The maximum Gasteiger partial charge on any atom is 0.258 e. The van der Waals surface area contributed by atoms with Crippen LogP contribution in [-0.2, 0) is 18.6 Å². The van der Waals surface area contributed by atoms with Crippen LogP contribution in [0.1, 0.15) is 72.3 Å². The number of pyridine rings is 1. The molecule has 0 aliphatic carbocycles. The van der Waals surface area contributed by atoms with E-state index in [1.807, 2.05) is 13.8 Å². The molecule has 1 aliphatic rings. The lowest BCUT2D eigenvalue weighted by molar-refractivity contribution is 0.0713. The van der Waals surface area contributed by atoms with Gasteiger partial charge in [0, 0.05) is 36.8 Å². The molecule has 0 saturated heterocycles. The van der Waals surface area contributed by atoms with Gasteiger partial charge in [0.25, 0.3) is 5.91 Å². The fourth-order valence-electron chi connectivity index (χ4n) is 4.92. The average Bonchev–Trinajstić information content (AvgIpc) is 3.31. The number of alkyl halides is 1. The summed E-state index contributed by atoms with van der Waals surface area (Å²) in [5, 5.41) is 14.2. The van der Waals surface area contributed by atoms with Gasteiger partial charge in [-0.05, 0) is 31.0 Å². The fraction of sp³-hybridized carbons (Fsp3) is 0.407. The van der Waals surface area contributed by atoms with Gasteiger partial charge < -0.3 is 9.64 Å². The van der Waals surface area contributed by atoms with Crippen molar-refractivity contribution in [1.82, 2.24) is 19.7 Å². The first-order chi connectivity index (χ1) is 17.3. The van der Waals surface area contributed by atoms with E-state index in [0.29, 0.717) is 31.6 Å². The highest BCUT2D eigenvalue weighted by molar-refractivity contribution is 5.99. The van der Waals surface area contributed by atoms with Gasteiger partial charge in [0.2, 0.25) is 0 Å². The molecular weight excluding hydrogens is 464 g/mol. The van der Waals surface area contributed by atoms with Crippen molar-refractivity contribution in [3.05, 3.63) is 70.4 Å². The van der Waals surface area contributed by atoms with Crippen molar-refractivity contribution in [3.63, 3.8) is 0 Å². The first-order valence-electron chi connectivity index (χ1n) is 12.1. The van der Waals surface area contributed by atoms with E-state index in [2.05, 4.69) is 16.2 Å². The number of amides is 1. The van der Waals surface area contributed by atoms with E-state index in [4.69, 9.17) is 4.74 Å². The summed E-state index contributed by atoms with van der Waals surface area (Å²) < 4.78 is 36.7. The molecule has 0 spiro atoms. The number of nitriles is 1. The van der Waals surface area contributed by atoms with Crippen LogP contribution in [0.4, 0.5) is 8.78 Å². The van der Waals surface area contributed by atoms with Crippen LogP contribution in [0.2, 0.25) is 0 Å². The molecule has 1 amide bonds. The van der Waals surface area contributed by atoms with E-state index in [9.17, 15) is 14.4 Å². The van der Waals surface area contributed by atoms with E-state index in [0.717, 1.165) is 17.5 Å². The molecule has 0 bridgehead atoms. The molecular formula is C27H29F2N5O2. The Morgan fingerprint density at radius 3 is 2.58 bits per heavy atom. The van der Waals surface area contributed by atoms with Gasteiger partial charge in [0.15, 0.2) is 5.82 Å². The van der Waals surface area contributed by atoms with Crippen LogP contribution in [0.5, 0.6) is 5.75 Å². The summed E-state index contributed by atoms with van der Waals surface area (Å²) in [5.74, 6) is -0.250. The molecule has 4 rings (SSSR count). The van der Waals surface area contributed by atoms with Gasteiger partial charge in [-0.3, -0.25) is 4.79 Å². The van der Waals surface area contributed by atoms with Crippen LogP contribution < -0.4 is 4.74 Å². The van der Waals surface area contributed by atoms with Crippen molar-refractivity contribution in [2.24, 2.45) is 0 Å². The lowest BCUT2D eigenvalue weighted by Crippen LogP contribution is -2.37. The monoisotopic (exact) mass is 493 g/mol. The minimum Gasteiger partial charge on any atom is -0.495 e. The largest absolute Gasteiger partial charge is 0.495 e. The number of aromatic nitrogens is 3. The maximum atomic E-state index is 16.4. The highest BCUT2D eigenvalue weighted by Crippen LogP contribution is 2.42. The van der Waals surface area contributed by atoms with E-state index in [1.165, 1.54) is 25.3 Å². The number of benzene rings is 1. The number of ether oxygens (including phenoxy) is 1. The Labute approximate surface area is 209 Å². The number of nitrogens with zero attached hydrogens (tertiary/aromatic N) is 5. The summed E-state index contributed by atoms with van der Waals surface area (Å²) in [5.41, 5.74) is 0.496. The van der Waals surface area contributed by atoms with Crippen molar-refractivity contribution in [1.29, 1.82) is 5.26 Å². The molecule has 0 radical (unpaired) electrons. The molecule has 2 aromatic heterocycles. The number of fused-ring (bicyclic) bond motifs is 1. The van der Waals surface area contributed by atoms with E-state index >= 15 is 4.39 Å². The standard InChI is InChI=1S/C27H29F2N5O2/c1-4-11-27(29,12-5-2)21-8-6-18(14-30)25(36-3)24(21)26(35)33-13-10-22-19(16-33)17-34(32-22)23-9-7-20(28)15-31-23/h6-9,15,17H,4-5,10-13,16H2,1-3H3. The molecule has 7 nitrogen and oxygen atoms in total. The number of hydrogen-bond donors (Lipinski definition) is 0. The van der Waals surface area contributed by atoms with Crippen molar-refractivity contribution in [2.75, 3.05) is 13.7 Å². The van der Waals surface area contributed by atoms with Gasteiger partial charge in [-0.15, -0.1) is 0 Å². The SMILES string of the molecule is CCCC(F)(CCC)c1ccc(C#N)c(OC)c1C(=O)N1CCc2nn(-c3ccc(F)cn3)cc2C1. The number of halogens is 2. The van der Waals surface area contributed by atoms with Gasteiger partial charge in [-0.25, -0.2) is 18.4 Å². The van der Waals surface area contributed by atoms with Crippen molar-refractivity contribution in [2.45, 2.75) is 58.2 Å². The third kappa shape index (κ3) is 4.68. The molecule has 0 fully saturated rings. The lowest BCUT2D eigenvalue weighted by atomic mass is 9.82. The predicted octanol–water partition coefficient (Wildman–Crippen LogP) is 5.25. The summed E-state index contributed by atoms with van der Waals surface area (Å²) in [6, 6.07) is 7.99. The quantitative estimate of drug-likeness (QED) is 0.428. The third-order valence-corrected chi connectivity index (χ3v) is 6.56. The molecule has 0 unspecified atom stereocenters. The first-order valence-corrected chi connectivity index (χ1v) is 12.1. The van der Waals surface area contributed by atoms with Crippen LogP contribution in [-0.4, -0.2) is 39.2 Å². The second-order valence-corrected chi connectivity index (χ2v) is 9.00. The van der Waals surface area contributed by atoms with E-state index in [-0.39, 0.29) is 47.7 Å². The van der Waals surface area contributed by atoms with Crippen molar-refractivity contribution < 1.29 is 18.3 Å². The molecule has 0 N–H and O–H groups in total. The van der Waals surface area contributed by atoms with Crippen molar-refractivity contribution in [3.8, 4) is 17.6 Å². The van der Waals surface area contributed by atoms with Gasteiger partial charge >= 0.3 is 0 Å². The molecule has 0 atom stereocenters. The third-order valence-electron chi connectivity index (χ3n) is 6.56. The zero-order valence-electron chi connectivity index (χ0n) is 20.7. The molecule has 9 heteroatoms. The molecule has 1 aliphatic heterocycles. The minimum atomic E-state index is -1.71. The molecule has 36 heavy (non-hydrogen) atoms. The van der Waals surface area contributed by atoms with E-state index in [1.54, 1.807) is 21.8 Å². The van der Waals surface area contributed by atoms with Gasteiger partial charge in [0.1, 0.15) is 23.3 Å². The van der Waals surface area contributed by atoms with Crippen LogP contribution in [0.15, 0.2) is 36.7 Å². The summed E-state index contributed by atoms with van der Waals surface area (Å²) in [6.45, 7) is 4.45. The van der Waals surface area contributed by atoms with Crippen LogP contribution >= 0.6 is 0 Å². The topological polar surface area (TPSA) is 84.0 Å². The number of carbonyl (C=O) groups excluding carboxylic acids is 1. The molecule has 188 valence electrons. The predicted molar refractivity (Wildman–Crippen MR) is 130 cm³/mol. The van der Waals surface area contributed by atoms with Crippen LogP contribution in [0.25, 0.3) is 5.82 Å². The minimum absolute atomic E-state index is 0.103. The van der Waals surface area contributed by atoms with Crippen molar-refractivity contribution >= 4 is 5.91 Å². The second kappa shape index (κ2) is 10.4. The molecule has 1 aromatic carbocycles. The average molecular weight is 494 g/mol. The Kier molecular flexibility index (Phi) is 7.34.